The minimum Gasteiger partial charge on any atom is -0.396 e. The number of halogens is 1. The summed E-state index contributed by atoms with van der Waals surface area (Å²) in [5.74, 6) is 0. The van der Waals surface area contributed by atoms with Gasteiger partial charge >= 0.3 is 0 Å². The van der Waals surface area contributed by atoms with Crippen LogP contribution in [0.4, 0.5) is 5.69 Å². The molecule has 0 aliphatic carbocycles. The number of benzene rings is 1. The molecule has 0 bridgehead atoms. The van der Waals surface area contributed by atoms with E-state index in [1.54, 1.807) is 0 Å². The Hall–Kier alpha value is -0.580. The minimum absolute atomic E-state index is 0.188. The Bertz CT molecular complexity index is 351. The van der Waals surface area contributed by atoms with Crippen LogP contribution in [0.25, 0.3) is 0 Å². The van der Waals surface area contributed by atoms with E-state index in [-0.39, 0.29) is 6.61 Å². The number of rotatable bonds is 3. The summed E-state index contributed by atoms with van der Waals surface area (Å²) in [5.41, 5.74) is 2.42. The molecule has 4 heteroatoms. The third-order valence-electron chi connectivity index (χ3n) is 2.77. The molecule has 2 rings (SSSR count). The van der Waals surface area contributed by atoms with Gasteiger partial charge in [-0.1, -0.05) is 15.9 Å². The zero-order valence-electron chi connectivity index (χ0n) is 9.16. The van der Waals surface area contributed by atoms with Gasteiger partial charge in [0.1, 0.15) is 0 Å². The van der Waals surface area contributed by atoms with Gasteiger partial charge in [-0.2, -0.15) is 0 Å². The topological polar surface area (TPSA) is 32.7 Å². The van der Waals surface area contributed by atoms with Crippen LogP contribution in [0.2, 0.25) is 0 Å². The molecule has 0 radical (unpaired) electrons. The minimum atomic E-state index is 0.188. The second-order valence-corrected chi connectivity index (χ2v) is 4.76. The maximum atomic E-state index is 9.07. The van der Waals surface area contributed by atoms with Crippen LogP contribution in [-0.2, 0) is 11.2 Å². The van der Waals surface area contributed by atoms with Crippen molar-refractivity contribution in [3.8, 4) is 0 Å². The monoisotopic (exact) mass is 285 g/mol. The maximum Gasteiger partial charge on any atom is 0.0642 e. The van der Waals surface area contributed by atoms with E-state index in [9.17, 15) is 0 Å². The first kappa shape index (κ1) is 11.9. The van der Waals surface area contributed by atoms with Crippen LogP contribution in [0, 0.1) is 0 Å². The van der Waals surface area contributed by atoms with Gasteiger partial charge in [0.2, 0.25) is 0 Å². The fourth-order valence-corrected chi connectivity index (χ4v) is 2.40. The molecule has 1 aromatic carbocycles. The normalized spacial score (nSPS) is 16.5. The predicted octanol–water partition coefficient (Wildman–Crippen LogP) is 1.82. The summed E-state index contributed by atoms with van der Waals surface area (Å²) in [5, 5.41) is 9.07. The van der Waals surface area contributed by atoms with Crippen LogP contribution >= 0.6 is 15.9 Å². The predicted molar refractivity (Wildman–Crippen MR) is 68.0 cm³/mol. The third kappa shape index (κ3) is 2.75. The average molecular weight is 286 g/mol. The summed E-state index contributed by atoms with van der Waals surface area (Å²) in [6.07, 6.45) is 0.701. The van der Waals surface area contributed by atoms with Crippen LogP contribution in [0.3, 0.4) is 0 Å². The van der Waals surface area contributed by atoms with Crippen molar-refractivity contribution in [2.45, 2.75) is 6.42 Å². The van der Waals surface area contributed by atoms with Gasteiger partial charge in [-0.05, 0) is 30.2 Å². The van der Waals surface area contributed by atoms with Gasteiger partial charge in [0.25, 0.3) is 0 Å². The molecule has 0 atom stereocenters. The summed E-state index contributed by atoms with van der Waals surface area (Å²) in [4.78, 5) is 2.32. The highest BCUT2D eigenvalue weighted by molar-refractivity contribution is 9.10. The number of morpholine rings is 1. The van der Waals surface area contributed by atoms with E-state index < -0.39 is 0 Å². The number of nitrogens with zero attached hydrogens (tertiary/aromatic N) is 1. The standard InChI is InChI=1S/C12H16BrNO2/c13-11-1-2-12(10(9-11)3-6-15)14-4-7-16-8-5-14/h1-2,9,15H,3-8H2. The summed E-state index contributed by atoms with van der Waals surface area (Å²) in [7, 11) is 0. The Labute approximate surface area is 104 Å². The molecular weight excluding hydrogens is 270 g/mol. The zero-order chi connectivity index (χ0) is 11.4. The van der Waals surface area contributed by atoms with Crippen molar-refractivity contribution in [2.24, 2.45) is 0 Å². The lowest BCUT2D eigenvalue weighted by Gasteiger charge is -2.30. The molecule has 1 N–H and O–H groups in total. The lowest BCUT2D eigenvalue weighted by atomic mass is 10.1. The lowest BCUT2D eigenvalue weighted by Crippen LogP contribution is -2.36. The highest BCUT2D eigenvalue weighted by atomic mass is 79.9. The molecule has 1 aliphatic rings. The van der Waals surface area contributed by atoms with Gasteiger partial charge in [-0.15, -0.1) is 0 Å². The quantitative estimate of drug-likeness (QED) is 0.920. The van der Waals surface area contributed by atoms with Crippen molar-refractivity contribution in [3.63, 3.8) is 0 Å². The van der Waals surface area contributed by atoms with E-state index in [0.717, 1.165) is 30.8 Å². The molecule has 0 aromatic heterocycles. The molecule has 0 saturated carbocycles. The number of hydrogen-bond donors (Lipinski definition) is 1. The van der Waals surface area contributed by atoms with Gasteiger partial charge in [0.05, 0.1) is 13.2 Å². The maximum absolute atomic E-state index is 9.07. The van der Waals surface area contributed by atoms with Gasteiger partial charge < -0.3 is 14.7 Å². The first-order chi connectivity index (χ1) is 7.81. The van der Waals surface area contributed by atoms with Crippen molar-refractivity contribution in [3.05, 3.63) is 28.2 Å². The summed E-state index contributed by atoms with van der Waals surface area (Å²) in [6.45, 7) is 3.62. The van der Waals surface area contributed by atoms with Gasteiger partial charge in [0.15, 0.2) is 0 Å². The van der Waals surface area contributed by atoms with Crippen LogP contribution in [-0.4, -0.2) is 38.0 Å². The van der Waals surface area contributed by atoms with E-state index in [1.807, 2.05) is 6.07 Å². The Morgan fingerprint density at radius 3 is 2.75 bits per heavy atom. The van der Waals surface area contributed by atoms with Crippen molar-refractivity contribution in [2.75, 3.05) is 37.8 Å². The lowest BCUT2D eigenvalue weighted by molar-refractivity contribution is 0.122. The number of aliphatic hydroxyl groups is 1. The third-order valence-corrected chi connectivity index (χ3v) is 3.27. The molecule has 1 saturated heterocycles. The average Bonchev–Trinajstić information content (AvgIpc) is 2.31. The van der Waals surface area contributed by atoms with Crippen molar-refractivity contribution < 1.29 is 9.84 Å². The highest BCUT2D eigenvalue weighted by Gasteiger charge is 2.14. The van der Waals surface area contributed by atoms with E-state index in [4.69, 9.17) is 9.84 Å². The second-order valence-electron chi connectivity index (χ2n) is 3.85. The molecule has 1 heterocycles. The summed E-state index contributed by atoms with van der Waals surface area (Å²) < 4.78 is 6.41. The number of ether oxygens (including phenoxy) is 1. The Morgan fingerprint density at radius 2 is 2.06 bits per heavy atom. The fraction of sp³-hybridized carbons (Fsp3) is 0.500. The summed E-state index contributed by atoms with van der Waals surface area (Å²) in [6, 6.07) is 6.24. The second kappa shape index (κ2) is 5.66. The van der Waals surface area contributed by atoms with Crippen molar-refractivity contribution in [1.29, 1.82) is 0 Å². The van der Waals surface area contributed by atoms with Crippen LogP contribution < -0.4 is 4.90 Å². The van der Waals surface area contributed by atoms with Crippen molar-refractivity contribution in [1.82, 2.24) is 0 Å². The fourth-order valence-electron chi connectivity index (χ4n) is 1.99. The Balaban J connectivity index is 2.23. The molecule has 1 fully saturated rings. The van der Waals surface area contributed by atoms with E-state index >= 15 is 0 Å². The number of aliphatic hydroxyl groups excluding tert-OH is 1. The largest absolute Gasteiger partial charge is 0.396 e. The zero-order valence-corrected chi connectivity index (χ0v) is 10.7. The Morgan fingerprint density at radius 1 is 1.31 bits per heavy atom. The first-order valence-electron chi connectivity index (χ1n) is 5.53. The van der Waals surface area contributed by atoms with Crippen LogP contribution in [0.15, 0.2) is 22.7 Å². The molecule has 16 heavy (non-hydrogen) atoms. The van der Waals surface area contributed by atoms with Crippen molar-refractivity contribution >= 4 is 21.6 Å². The first-order valence-corrected chi connectivity index (χ1v) is 6.32. The molecule has 3 nitrogen and oxygen atoms in total. The molecular formula is C12H16BrNO2. The SMILES string of the molecule is OCCc1cc(Br)ccc1N1CCOCC1. The Kier molecular flexibility index (Phi) is 4.21. The van der Waals surface area contributed by atoms with Crippen LogP contribution in [0.1, 0.15) is 5.56 Å². The molecule has 0 spiro atoms. The molecule has 0 unspecified atom stereocenters. The molecule has 0 amide bonds. The smallest absolute Gasteiger partial charge is 0.0642 e. The van der Waals surface area contributed by atoms with Gasteiger partial charge in [-0.25, -0.2) is 0 Å². The van der Waals surface area contributed by atoms with E-state index in [1.165, 1.54) is 11.3 Å². The van der Waals surface area contributed by atoms with E-state index in [2.05, 4.69) is 33.0 Å². The molecule has 1 aromatic rings. The number of hydrogen-bond acceptors (Lipinski definition) is 3. The molecule has 1 aliphatic heterocycles. The van der Waals surface area contributed by atoms with Gasteiger partial charge in [0, 0.05) is 29.9 Å². The highest BCUT2D eigenvalue weighted by Crippen LogP contribution is 2.25. The van der Waals surface area contributed by atoms with Crippen LogP contribution in [0.5, 0.6) is 0 Å². The van der Waals surface area contributed by atoms with Gasteiger partial charge in [-0.3, -0.25) is 0 Å². The summed E-state index contributed by atoms with van der Waals surface area (Å²) >= 11 is 3.47. The number of anilines is 1. The van der Waals surface area contributed by atoms with E-state index in [0.29, 0.717) is 6.42 Å². The molecule has 88 valence electrons.